The van der Waals surface area contributed by atoms with Gasteiger partial charge < -0.3 is 45.5 Å². The molecule has 2 fully saturated rings. The van der Waals surface area contributed by atoms with Crippen molar-refractivity contribution < 1.29 is 38.1 Å². The van der Waals surface area contributed by atoms with Crippen molar-refractivity contribution >= 4 is 24.4 Å². The minimum Gasteiger partial charge on any atom is -0.449 e. The number of rotatable bonds is 16. The van der Waals surface area contributed by atoms with Gasteiger partial charge in [0.05, 0.1) is 13.2 Å². The van der Waals surface area contributed by atoms with Crippen LogP contribution in [0.2, 0.25) is 0 Å². The number of amides is 4. The van der Waals surface area contributed by atoms with E-state index < -0.39 is 24.4 Å². The first kappa shape index (κ1) is 34.0. The van der Waals surface area contributed by atoms with Crippen LogP contribution in [0.5, 0.6) is 0 Å². The van der Waals surface area contributed by atoms with Gasteiger partial charge in [0.15, 0.2) is 0 Å². The van der Waals surface area contributed by atoms with E-state index in [1.54, 1.807) is 0 Å². The summed E-state index contributed by atoms with van der Waals surface area (Å²) in [5.41, 5.74) is 0. The van der Waals surface area contributed by atoms with Crippen LogP contribution in [0.25, 0.3) is 0 Å². The first-order valence-electron chi connectivity index (χ1n) is 16.3. The average molecular weight is 630 g/mol. The third kappa shape index (κ3) is 12.6. The van der Waals surface area contributed by atoms with Crippen LogP contribution in [0.3, 0.4) is 0 Å². The van der Waals surface area contributed by atoms with Gasteiger partial charge >= 0.3 is 24.4 Å². The molecule has 0 spiro atoms. The molecule has 0 aromatic rings. The molecule has 4 aliphatic carbocycles. The highest BCUT2D eigenvalue weighted by molar-refractivity contribution is 5.69. The second-order valence-corrected chi connectivity index (χ2v) is 11.8. The van der Waals surface area contributed by atoms with E-state index >= 15 is 0 Å². The molecule has 4 aliphatic rings. The molecule has 5 N–H and O–H groups in total. The Kier molecular flexibility index (Phi) is 14.3. The predicted octanol–water partition coefficient (Wildman–Crippen LogP) is 2.36. The lowest BCUT2D eigenvalue weighted by Crippen LogP contribution is -2.37. The zero-order chi connectivity index (χ0) is 31.7. The number of alkyl carbamates (subject to hydrolysis) is 4. The van der Waals surface area contributed by atoms with Crippen molar-refractivity contribution in [1.29, 1.82) is 0 Å². The summed E-state index contributed by atoms with van der Waals surface area (Å²) < 4.78 is 20.8. The molecule has 13 nitrogen and oxygen atoms in total. The van der Waals surface area contributed by atoms with Crippen LogP contribution in [0.4, 0.5) is 19.2 Å². The molecule has 45 heavy (non-hydrogen) atoms. The molecule has 2 saturated carbocycles. The predicted molar refractivity (Wildman–Crippen MR) is 164 cm³/mol. The lowest BCUT2D eigenvalue weighted by atomic mass is 10.1. The van der Waals surface area contributed by atoms with Crippen LogP contribution in [-0.4, -0.2) is 90.1 Å². The average Bonchev–Trinajstić information content (AvgIpc) is 3.87. The maximum Gasteiger partial charge on any atom is 0.407 e. The summed E-state index contributed by atoms with van der Waals surface area (Å²) >= 11 is 0. The van der Waals surface area contributed by atoms with E-state index in [9.17, 15) is 19.2 Å². The van der Waals surface area contributed by atoms with Crippen molar-refractivity contribution in [3.63, 3.8) is 0 Å². The van der Waals surface area contributed by atoms with Gasteiger partial charge in [0, 0.05) is 65.0 Å². The maximum absolute atomic E-state index is 11.9. The Bertz CT molecular complexity index is 1010. The van der Waals surface area contributed by atoms with E-state index in [0.29, 0.717) is 61.8 Å². The molecule has 0 radical (unpaired) electrons. The van der Waals surface area contributed by atoms with E-state index in [1.165, 1.54) is 0 Å². The topological polar surface area (TPSA) is 165 Å². The Balaban J connectivity index is 0.870. The Hall–Kier alpha value is -3.84. The molecule has 0 saturated heterocycles. The molecule has 13 heteroatoms. The van der Waals surface area contributed by atoms with Gasteiger partial charge in [-0.2, -0.15) is 0 Å². The lowest BCUT2D eigenvalue weighted by Gasteiger charge is -2.10. The normalized spacial score (nSPS) is 25.5. The molecule has 4 amide bonds. The summed E-state index contributed by atoms with van der Waals surface area (Å²) in [4.78, 5) is 47.4. The first-order chi connectivity index (χ1) is 22.0. The second-order valence-electron chi connectivity index (χ2n) is 11.8. The molecular weight excluding hydrogens is 582 g/mol. The van der Waals surface area contributed by atoms with Crippen molar-refractivity contribution in [2.75, 3.05) is 65.7 Å². The van der Waals surface area contributed by atoms with E-state index in [2.05, 4.69) is 50.3 Å². The van der Waals surface area contributed by atoms with Crippen LogP contribution in [0, 0.1) is 59.2 Å². The van der Waals surface area contributed by atoms with Crippen LogP contribution in [-0.2, 0) is 18.9 Å². The summed E-state index contributed by atoms with van der Waals surface area (Å²) in [5, 5.41) is 13.4. The number of carbonyl (C=O) groups excluding carboxylic acids is 4. The highest BCUT2D eigenvalue weighted by Gasteiger charge is 2.50. The second kappa shape index (κ2) is 18.8. The molecule has 4 rings (SSSR count). The summed E-state index contributed by atoms with van der Waals surface area (Å²) in [6, 6.07) is 0. The summed E-state index contributed by atoms with van der Waals surface area (Å²) in [5.74, 6) is 16.0. The Morgan fingerprint density at radius 1 is 0.467 bits per heavy atom. The minimum absolute atomic E-state index is 0.126. The molecule has 1 unspecified atom stereocenters. The van der Waals surface area contributed by atoms with Crippen LogP contribution in [0.15, 0.2) is 0 Å². The van der Waals surface area contributed by atoms with Gasteiger partial charge in [0.25, 0.3) is 0 Å². The van der Waals surface area contributed by atoms with Gasteiger partial charge in [0.1, 0.15) is 13.2 Å². The maximum atomic E-state index is 11.9. The number of carbonyl (C=O) groups is 4. The van der Waals surface area contributed by atoms with E-state index in [-0.39, 0.29) is 39.4 Å². The third-order valence-corrected chi connectivity index (χ3v) is 8.84. The van der Waals surface area contributed by atoms with Gasteiger partial charge in [-0.25, -0.2) is 19.2 Å². The molecule has 0 aromatic carbocycles. The highest BCUT2D eigenvalue weighted by Crippen LogP contribution is 2.53. The number of hydrogen-bond acceptors (Lipinski definition) is 9. The zero-order valence-electron chi connectivity index (χ0n) is 26.0. The Morgan fingerprint density at radius 2 is 0.778 bits per heavy atom. The van der Waals surface area contributed by atoms with Crippen molar-refractivity contribution in [2.45, 2.75) is 51.4 Å². The summed E-state index contributed by atoms with van der Waals surface area (Å²) in [6.45, 7) is 2.74. The molecule has 0 heterocycles. The molecular formula is C32H47N5O8. The van der Waals surface area contributed by atoms with Gasteiger partial charge in [0.2, 0.25) is 0 Å². The lowest BCUT2D eigenvalue weighted by molar-refractivity contribution is 0.133. The number of ether oxygens (including phenoxy) is 4. The zero-order valence-corrected chi connectivity index (χ0v) is 26.0. The van der Waals surface area contributed by atoms with Crippen molar-refractivity contribution in [1.82, 2.24) is 26.6 Å². The van der Waals surface area contributed by atoms with Crippen molar-refractivity contribution in [3.8, 4) is 23.7 Å². The number of hydrogen-bond donors (Lipinski definition) is 5. The van der Waals surface area contributed by atoms with Gasteiger partial charge in [-0.05, 0) is 61.2 Å². The van der Waals surface area contributed by atoms with Gasteiger partial charge in [-0.15, -0.1) is 23.7 Å². The minimum atomic E-state index is -0.594. The van der Waals surface area contributed by atoms with E-state index in [0.717, 1.165) is 51.4 Å². The number of nitrogens with one attached hydrogen (secondary N) is 5. The fourth-order valence-corrected chi connectivity index (χ4v) is 6.33. The monoisotopic (exact) mass is 629 g/mol. The smallest absolute Gasteiger partial charge is 0.407 e. The molecule has 248 valence electrons. The van der Waals surface area contributed by atoms with E-state index in [1.807, 2.05) is 0 Å². The molecule has 6 atom stereocenters. The van der Waals surface area contributed by atoms with Crippen molar-refractivity contribution in [2.24, 2.45) is 35.5 Å². The third-order valence-electron chi connectivity index (χ3n) is 8.84. The number of fused-ring (bicyclic) bond motifs is 2. The van der Waals surface area contributed by atoms with E-state index in [4.69, 9.17) is 18.9 Å². The van der Waals surface area contributed by atoms with Gasteiger partial charge in [-0.1, -0.05) is 0 Å². The first-order valence-corrected chi connectivity index (χ1v) is 16.3. The Labute approximate surface area is 265 Å². The quantitative estimate of drug-likeness (QED) is 0.0979. The van der Waals surface area contributed by atoms with Gasteiger partial charge in [-0.3, -0.25) is 0 Å². The standard InChI is InChI=1S/C32H47N5O8/c38-29(34-13-15-36-31(40)44-21-27-23-9-5-1-2-6-10-24(23)27)42-19-17-33-18-20-43-30(39)35-14-16-37-32(41)45-22-28-25-11-7-3-4-8-12-26(25)28/h23-28,33H,5-22H2,(H,34,38)(H,35,39)(H,36,40)(H,37,41)/t23-,24+,25-,26+,27-,28?. The van der Waals surface area contributed by atoms with Crippen LogP contribution < -0.4 is 26.6 Å². The fraction of sp³-hybridized carbons (Fsp3) is 0.750. The summed E-state index contributed by atoms with van der Waals surface area (Å²) in [6.07, 6.45) is 5.86. The largest absolute Gasteiger partial charge is 0.449 e. The summed E-state index contributed by atoms with van der Waals surface area (Å²) in [7, 11) is 0. The Morgan fingerprint density at radius 3 is 1.11 bits per heavy atom. The highest BCUT2D eigenvalue weighted by atomic mass is 16.6. The van der Waals surface area contributed by atoms with Crippen molar-refractivity contribution in [3.05, 3.63) is 0 Å². The molecule has 0 bridgehead atoms. The van der Waals surface area contributed by atoms with Crippen LogP contribution >= 0.6 is 0 Å². The molecule has 0 aromatic heterocycles. The van der Waals surface area contributed by atoms with Crippen LogP contribution in [0.1, 0.15) is 51.4 Å². The molecule has 0 aliphatic heterocycles. The SMILES string of the molecule is O=C(NCCNC(=O)OCC1[C@H]2CCC#CCC[C@@H]12)OCCNCCOC(=O)NCCNC(=O)OC[C@@H]1[C@@H]2CCC#CCC[C@@H]21. The fourth-order valence-electron chi connectivity index (χ4n) is 6.33.